The van der Waals surface area contributed by atoms with Crippen molar-refractivity contribution in [1.29, 1.82) is 0 Å². The minimum atomic E-state index is -0.457. The Balaban J connectivity index is 2.29. The van der Waals surface area contributed by atoms with Gasteiger partial charge in [0, 0.05) is 17.7 Å². The van der Waals surface area contributed by atoms with E-state index in [1.54, 1.807) is 12.1 Å². The van der Waals surface area contributed by atoms with Crippen LogP contribution in [0, 0.1) is 11.6 Å². The average molecular weight is 291 g/mol. The number of rotatable bonds is 6. The molecule has 0 spiro atoms. The number of benzene rings is 2. The Bertz CT molecular complexity index is 601. The molecule has 2 aromatic carbocycles. The molecule has 0 saturated carbocycles. The molecule has 0 aliphatic rings. The topological polar surface area (TPSA) is 21.3 Å². The van der Waals surface area contributed by atoms with Crippen LogP contribution < -0.4 is 10.1 Å². The van der Waals surface area contributed by atoms with Crippen LogP contribution in [0.25, 0.3) is 0 Å². The molecule has 0 bridgehead atoms. The van der Waals surface area contributed by atoms with E-state index < -0.39 is 11.6 Å². The number of ether oxygens (including phenoxy) is 1. The summed E-state index contributed by atoms with van der Waals surface area (Å²) in [6.45, 7) is 4.84. The highest BCUT2D eigenvalue weighted by molar-refractivity contribution is 5.40. The van der Waals surface area contributed by atoms with Crippen molar-refractivity contribution in [3.63, 3.8) is 0 Å². The molecular weight excluding hydrogens is 272 g/mol. The summed E-state index contributed by atoms with van der Waals surface area (Å²) in [6.07, 6.45) is 0.986. The third-order valence-electron chi connectivity index (χ3n) is 3.18. The highest BCUT2D eigenvalue weighted by Gasteiger charge is 2.16. The van der Waals surface area contributed by atoms with Gasteiger partial charge in [0.15, 0.2) is 11.6 Å². The number of hydrogen-bond acceptors (Lipinski definition) is 2. The third-order valence-corrected chi connectivity index (χ3v) is 3.18. The Morgan fingerprint density at radius 1 is 1.14 bits per heavy atom. The third kappa shape index (κ3) is 4.02. The highest BCUT2D eigenvalue weighted by Crippen LogP contribution is 2.32. The second kappa shape index (κ2) is 7.18. The van der Waals surface area contributed by atoms with E-state index in [4.69, 9.17) is 4.74 Å². The lowest BCUT2D eigenvalue weighted by molar-refractivity contribution is 0.422. The van der Waals surface area contributed by atoms with Crippen LogP contribution in [0.3, 0.4) is 0 Å². The summed E-state index contributed by atoms with van der Waals surface area (Å²) in [5, 5.41) is 3.29. The lowest BCUT2D eigenvalue weighted by Crippen LogP contribution is -2.20. The van der Waals surface area contributed by atoms with Crippen molar-refractivity contribution in [3.05, 3.63) is 59.7 Å². The lowest BCUT2D eigenvalue weighted by Gasteiger charge is -2.18. The molecule has 1 atom stereocenters. The van der Waals surface area contributed by atoms with E-state index in [1.807, 2.05) is 13.0 Å². The molecule has 0 aliphatic carbocycles. The van der Waals surface area contributed by atoms with Gasteiger partial charge in [-0.2, -0.15) is 0 Å². The first-order valence-electron chi connectivity index (χ1n) is 7.07. The van der Waals surface area contributed by atoms with Crippen LogP contribution in [0.15, 0.2) is 42.5 Å². The fourth-order valence-electron chi connectivity index (χ4n) is 2.09. The van der Waals surface area contributed by atoms with E-state index in [0.29, 0.717) is 5.56 Å². The quantitative estimate of drug-likeness (QED) is 0.824. The van der Waals surface area contributed by atoms with Gasteiger partial charge in [-0.25, -0.2) is 8.78 Å². The molecule has 21 heavy (non-hydrogen) atoms. The van der Waals surface area contributed by atoms with E-state index in [-0.39, 0.29) is 17.5 Å². The molecule has 0 saturated heterocycles. The van der Waals surface area contributed by atoms with Gasteiger partial charge >= 0.3 is 0 Å². The monoisotopic (exact) mass is 291 g/mol. The first-order valence-corrected chi connectivity index (χ1v) is 7.07. The van der Waals surface area contributed by atoms with E-state index in [2.05, 4.69) is 12.2 Å². The molecule has 0 fully saturated rings. The van der Waals surface area contributed by atoms with E-state index in [1.165, 1.54) is 24.3 Å². The van der Waals surface area contributed by atoms with Crippen molar-refractivity contribution in [2.45, 2.75) is 26.3 Å². The predicted molar refractivity (Wildman–Crippen MR) is 79.6 cm³/mol. The van der Waals surface area contributed by atoms with Gasteiger partial charge in [-0.15, -0.1) is 0 Å². The number of hydrogen-bond donors (Lipinski definition) is 1. The summed E-state index contributed by atoms with van der Waals surface area (Å²) in [5.41, 5.74) is 0.715. The fourth-order valence-corrected chi connectivity index (χ4v) is 2.09. The molecule has 0 radical (unpaired) electrons. The lowest BCUT2D eigenvalue weighted by atomic mass is 10.1. The molecule has 1 unspecified atom stereocenters. The molecule has 2 nitrogen and oxygen atoms in total. The molecule has 0 aromatic heterocycles. The van der Waals surface area contributed by atoms with Gasteiger partial charge in [0.1, 0.15) is 11.6 Å². The first kappa shape index (κ1) is 15.4. The van der Waals surface area contributed by atoms with Crippen molar-refractivity contribution in [1.82, 2.24) is 5.32 Å². The Morgan fingerprint density at radius 3 is 2.62 bits per heavy atom. The number of halogens is 2. The van der Waals surface area contributed by atoms with Crippen LogP contribution >= 0.6 is 0 Å². The molecule has 0 amide bonds. The summed E-state index contributed by atoms with van der Waals surface area (Å²) < 4.78 is 32.8. The van der Waals surface area contributed by atoms with Crippen molar-refractivity contribution in [2.24, 2.45) is 0 Å². The number of para-hydroxylation sites is 1. The van der Waals surface area contributed by atoms with Crippen LogP contribution in [0.1, 0.15) is 31.9 Å². The molecule has 112 valence electrons. The maximum atomic E-state index is 14.1. The van der Waals surface area contributed by atoms with Crippen LogP contribution in [0.5, 0.6) is 11.5 Å². The zero-order valence-corrected chi connectivity index (χ0v) is 12.2. The Hall–Kier alpha value is -1.94. The van der Waals surface area contributed by atoms with Gasteiger partial charge in [-0.05, 0) is 38.1 Å². The SMILES string of the molecule is CCCNC(C)c1cccc(F)c1Oc1cccc(F)c1. The zero-order valence-electron chi connectivity index (χ0n) is 12.2. The second-order valence-electron chi connectivity index (χ2n) is 4.89. The molecule has 2 rings (SSSR count). The van der Waals surface area contributed by atoms with Gasteiger partial charge in [0.05, 0.1) is 0 Å². The van der Waals surface area contributed by atoms with Gasteiger partial charge in [-0.3, -0.25) is 0 Å². The van der Waals surface area contributed by atoms with E-state index in [9.17, 15) is 8.78 Å². The molecule has 0 aliphatic heterocycles. The molecular formula is C17H19F2NO. The van der Waals surface area contributed by atoms with Crippen molar-refractivity contribution < 1.29 is 13.5 Å². The summed E-state index contributed by atoms with van der Waals surface area (Å²) in [6, 6.07) is 10.4. The summed E-state index contributed by atoms with van der Waals surface area (Å²) in [4.78, 5) is 0. The smallest absolute Gasteiger partial charge is 0.167 e. The van der Waals surface area contributed by atoms with Crippen LogP contribution in [-0.2, 0) is 0 Å². The van der Waals surface area contributed by atoms with E-state index >= 15 is 0 Å². The van der Waals surface area contributed by atoms with Crippen molar-refractivity contribution >= 4 is 0 Å². The van der Waals surface area contributed by atoms with Gasteiger partial charge < -0.3 is 10.1 Å². The maximum absolute atomic E-state index is 14.1. The normalized spacial score (nSPS) is 12.2. The molecule has 2 aromatic rings. The van der Waals surface area contributed by atoms with Crippen LogP contribution in [-0.4, -0.2) is 6.54 Å². The summed E-state index contributed by atoms with van der Waals surface area (Å²) in [5.74, 6) is -0.451. The Kier molecular flexibility index (Phi) is 5.28. The van der Waals surface area contributed by atoms with Gasteiger partial charge in [0.25, 0.3) is 0 Å². The van der Waals surface area contributed by atoms with Gasteiger partial charge in [0.2, 0.25) is 0 Å². The van der Waals surface area contributed by atoms with Crippen LogP contribution in [0.4, 0.5) is 8.78 Å². The first-order chi connectivity index (χ1) is 10.1. The van der Waals surface area contributed by atoms with Crippen molar-refractivity contribution in [2.75, 3.05) is 6.54 Å². The Morgan fingerprint density at radius 2 is 1.90 bits per heavy atom. The van der Waals surface area contributed by atoms with E-state index in [0.717, 1.165) is 13.0 Å². The standard InChI is InChI=1S/C17H19F2NO/c1-3-10-20-12(2)15-8-5-9-16(19)17(15)21-14-7-4-6-13(18)11-14/h4-9,11-12,20H,3,10H2,1-2H3. The average Bonchev–Trinajstić information content (AvgIpc) is 2.47. The minimum absolute atomic E-state index is 0.0517. The maximum Gasteiger partial charge on any atom is 0.167 e. The summed E-state index contributed by atoms with van der Waals surface area (Å²) in [7, 11) is 0. The highest BCUT2D eigenvalue weighted by atomic mass is 19.1. The predicted octanol–water partition coefficient (Wildman–Crippen LogP) is 4.82. The van der Waals surface area contributed by atoms with Crippen LogP contribution in [0.2, 0.25) is 0 Å². The molecule has 4 heteroatoms. The molecule has 1 N–H and O–H groups in total. The summed E-state index contributed by atoms with van der Waals surface area (Å²) >= 11 is 0. The molecule has 0 heterocycles. The van der Waals surface area contributed by atoms with Gasteiger partial charge in [-0.1, -0.05) is 25.1 Å². The second-order valence-corrected chi connectivity index (χ2v) is 4.89. The zero-order chi connectivity index (χ0) is 15.2. The Labute approximate surface area is 123 Å². The number of nitrogens with one attached hydrogen (secondary N) is 1. The largest absolute Gasteiger partial charge is 0.454 e. The van der Waals surface area contributed by atoms with Crippen molar-refractivity contribution in [3.8, 4) is 11.5 Å². The fraction of sp³-hybridized carbons (Fsp3) is 0.294. The minimum Gasteiger partial charge on any atom is -0.454 e.